The Bertz CT molecular complexity index is 549. The van der Waals surface area contributed by atoms with Crippen LogP contribution in [0.5, 0.6) is 0 Å². The molecule has 1 fully saturated rings. The second-order valence-corrected chi connectivity index (χ2v) is 5.73. The molecule has 2 rings (SSSR count). The lowest BCUT2D eigenvalue weighted by Crippen LogP contribution is -2.35. The lowest BCUT2D eigenvalue weighted by atomic mass is 10.1. The molecule has 0 aromatic carbocycles. The highest BCUT2D eigenvalue weighted by Crippen LogP contribution is 2.22. The molecule has 0 aliphatic carbocycles. The Labute approximate surface area is 129 Å². The summed E-state index contributed by atoms with van der Waals surface area (Å²) >= 11 is 6.16. The number of nitrogens with zero attached hydrogens (tertiary/aromatic N) is 3. The summed E-state index contributed by atoms with van der Waals surface area (Å²) in [6.07, 6.45) is 4.84. The predicted octanol–water partition coefficient (Wildman–Crippen LogP) is 2.93. The van der Waals surface area contributed by atoms with Crippen LogP contribution < -0.4 is 5.32 Å². The number of carbonyl (C=O) groups excluding carboxylic acids is 1. The number of piperidine rings is 1. The molecule has 1 N–H and O–H groups in total. The van der Waals surface area contributed by atoms with Gasteiger partial charge in [0.25, 0.3) is 5.91 Å². The standard InChI is InChI=1S/C15H19ClN4O/c1-11(8-17)9-18-14-13(16)7-12(10-19-14)15(21)20-5-3-2-4-6-20/h7,10-11H,2-6,9H2,1H3,(H,18,19). The van der Waals surface area contributed by atoms with E-state index < -0.39 is 0 Å². The highest BCUT2D eigenvalue weighted by atomic mass is 35.5. The van der Waals surface area contributed by atoms with Crippen LogP contribution in [0.15, 0.2) is 12.3 Å². The van der Waals surface area contributed by atoms with Crippen LogP contribution in [0.2, 0.25) is 5.02 Å². The first-order valence-corrected chi connectivity index (χ1v) is 7.58. The zero-order chi connectivity index (χ0) is 15.2. The summed E-state index contributed by atoms with van der Waals surface area (Å²) in [7, 11) is 0. The van der Waals surface area contributed by atoms with Gasteiger partial charge in [0.15, 0.2) is 0 Å². The molecule has 1 aromatic rings. The molecule has 6 heteroatoms. The molecule has 2 heterocycles. The second kappa shape index (κ2) is 7.28. The molecule has 1 atom stereocenters. The van der Waals surface area contributed by atoms with E-state index >= 15 is 0 Å². The van der Waals surface area contributed by atoms with E-state index in [1.807, 2.05) is 11.8 Å². The molecule has 21 heavy (non-hydrogen) atoms. The molecule has 0 saturated carbocycles. The number of nitrogens with one attached hydrogen (secondary N) is 1. The van der Waals surface area contributed by atoms with Crippen molar-refractivity contribution >= 4 is 23.3 Å². The Morgan fingerprint density at radius 2 is 2.24 bits per heavy atom. The summed E-state index contributed by atoms with van der Waals surface area (Å²) in [5.74, 6) is 0.368. The molecule has 1 aliphatic heterocycles. The van der Waals surface area contributed by atoms with E-state index in [9.17, 15) is 4.79 Å². The molecule has 5 nitrogen and oxygen atoms in total. The second-order valence-electron chi connectivity index (χ2n) is 5.32. The number of hydrogen-bond donors (Lipinski definition) is 1. The van der Waals surface area contributed by atoms with E-state index in [-0.39, 0.29) is 11.8 Å². The third-order valence-corrected chi connectivity index (χ3v) is 3.82. The smallest absolute Gasteiger partial charge is 0.255 e. The highest BCUT2D eigenvalue weighted by Gasteiger charge is 2.19. The number of nitriles is 1. The summed E-state index contributed by atoms with van der Waals surface area (Å²) in [6.45, 7) is 3.89. The van der Waals surface area contributed by atoms with Gasteiger partial charge in [-0.25, -0.2) is 4.98 Å². The van der Waals surface area contributed by atoms with E-state index in [2.05, 4.69) is 16.4 Å². The van der Waals surface area contributed by atoms with Crippen LogP contribution >= 0.6 is 11.6 Å². The van der Waals surface area contributed by atoms with E-state index in [0.29, 0.717) is 22.9 Å². The Balaban J connectivity index is 2.04. The number of rotatable bonds is 4. The van der Waals surface area contributed by atoms with Crippen molar-refractivity contribution in [3.63, 3.8) is 0 Å². The van der Waals surface area contributed by atoms with Gasteiger partial charge in [-0.2, -0.15) is 5.26 Å². The van der Waals surface area contributed by atoms with Gasteiger partial charge in [0, 0.05) is 25.8 Å². The maximum Gasteiger partial charge on any atom is 0.255 e. The van der Waals surface area contributed by atoms with Gasteiger partial charge in [-0.05, 0) is 32.3 Å². The van der Waals surface area contributed by atoms with Crippen molar-refractivity contribution in [3.05, 3.63) is 22.8 Å². The molecular weight excluding hydrogens is 288 g/mol. The number of aromatic nitrogens is 1. The molecular formula is C15H19ClN4O. The van der Waals surface area contributed by atoms with Crippen molar-refractivity contribution in [2.45, 2.75) is 26.2 Å². The van der Waals surface area contributed by atoms with Gasteiger partial charge in [0.05, 0.1) is 22.6 Å². The van der Waals surface area contributed by atoms with Gasteiger partial charge in [-0.15, -0.1) is 0 Å². The van der Waals surface area contributed by atoms with Crippen LogP contribution in [0.3, 0.4) is 0 Å². The first-order chi connectivity index (χ1) is 10.1. The third-order valence-electron chi connectivity index (χ3n) is 3.53. The molecule has 1 aliphatic rings. The normalized spacial score (nSPS) is 16.1. The third kappa shape index (κ3) is 4.08. The fourth-order valence-electron chi connectivity index (χ4n) is 2.26. The number of likely N-dealkylation sites (tertiary alicyclic amines) is 1. The Kier molecular flexibility index (Phi) is 5.40. The molecule has 0 radical (unpaired) electrons. The monoisotopic (exact) mass is 306 g/mol. The largest absolute Gasteiger partial charge is 0.368 e. The molecule has 1 aromatic heterocycles. The average molecular weight is 307 g/mol. The highest BCUT2D eigenvalue weighted by molar-refractivity contribution is 6.33. The zero-order valence-corrected chi connectivity index (χ0v) is 12.9. The van der Waals surface area contributed by atoms with Crippen LogP contribution in [0.25, 0.3) is 0 Å². The summed E-state index contributed by atoms with van der Waals surface area (Å²) < 4.78 is 0. The fourth-order valence-corrected chi connectivity index (χ4v) is 2.49. The minimum atomic E-state index is -0.127. The fraction of sp³-hybridized carbons (Fsp3) is 0.533. The summed E-state index contributed by atoms with van der Waals surface area (Å²) in [5.41, 5.74) is 0.515. The van der Waals surface area contributed by atoms with Crippen molar-refractivity contribution in [1.82, 2.24) is 9.88 Å². The minimum absolute atomic E-state index is 0.0129. The number of carbonyl (C=O) groups is 1. The van der Waals surface area contributed by atoms with Crippen molar-refractivity contribution in [2.75, 3.05) is 25.0 Å². The summed E-state index contributed by atoms with van der Waals surface area (Å²) in [6, 6.07) is 3.78. The lowest BCUT2D eigenvalue weighted by Gasteiger charge is -2.26. The van der Waals surface area contributed by atoms with Crippen LogP contribution in [-0.4, -0.2) is 35.4 Å². The minimum Gasteiger partial charge on any atom is -0.368 e. The van der Waals surface area contributed by atoms with E-state index in [0.717, 1.165) is 25.9 Å². The quantitative estimate of drug-likeness (QED) is 0.928. The number of halogens is 1. The molecule has 112 valence electrons. The van der Waals surface area contributed by atoms with E-state index in [1.165, 1.54) is 6.42 Å². The summed E-state index contributed by atoms with van der Waals surface area (Å²) in [5, 5.41) is 12.2. The van der Waals surface area contributed by atoms with Gasteiger partial charge in [-0.3, -0.25) is 4.79 Å². The number of amides is 1. The number of anilines is 1. The SMILES string of the molecule is CC(C#N)CNc1ncc(C(=O)N2CCCCC2)cc1Cl. The first-order valence-electron chi connectivity index (χ1n) is 7.20. The maximum absolute atomic E-state index is 12.3. The van der Waals surface area contributed by atoms with Gasteiger partial charge < -0.3 is 10.2 Å². The number of hydrogen-bond acceptors (Lipinski definition) is 4. The van der Waals surface area contributed by atoms with Crippen molar-refractivity contribution in [1.29, 1.82) is 5.26 Å². The molecule has 1 saturated heterocycles. The van der Waals surface area contributed by atoms with Gasteiger partial charge in [0.2, 0.25) is 0 Å². The van der Waals surface area contributed by atoms with Gasteiger partial charge in [0.1, 0.15) is 5.82 Å². The Morgan fingerprint density at radius 3 is 2.86 bits per heavy atom. The van der Waals surface area contributed by atoms with Gasteiger partial charge >= 0.3 is 0 Å². The molecule has 1 unspecified atom stereocenters. The van der Waals surface area contributed by atoms with Gasteiger partial charge in [-0.1, -0.05) is 11.6 Å². The topological polar surface area (TPSA) is 69.0 Å². The molecule has 0 bridgehead atoms. The van der Waals surface area contributed by atoms with E-state index in [1.54, 1.807) is 12.3 Å². The van der Waals surface area contributed by atoms with Crippen molar-refractivity contribution < 1.29 is 4.79 Å². The molecule has 1 amide bonds. The maximum atomic E-state index is 12.3. The Morgan fingerprint density at radius 1 is 1.52 bits per heavy atom. The van der Waals surface area contributed by atoms with Crippen LogP contribution in [-0.2, 0) is 0 Å². The van der Waals surface area contributed by atoms with E-state index in [4.69, 9.17) is 16.9 Å². The van der Waals surface area contributed by atoms with Crippen LogP contribution in [0.1, 0.15) is 36.5 Å². The van der Waals surface area contributed by atoms with Crippen LogP contribution in [0.4, 0.5) is 5.82 Å². The Hall–Kier alpha value is -1.80. The first kappa shape index (κ1) is 15.6. The number of pyridine rings is 1. The summed E-state index contributed by atoms with van der Waals surface area (Å²) in [4.78, 5) is 18.4. The van der Waals surface area contributed by atoms with Crippen molar-refractivity contribution in [2.24, 2.45) is 5.92 Å². The average Bonchev–Trinajstić information content (AvgIpc) is 2.53. The molecule has 0 spiro atoms. The predicted molar refractivity (Wildman–Crippen MR) is 82.3 cm³/mol. The lowest BCUT2D eigenvalue weighted by molar-refractivity contribution is 0.0724. The van der Waals surface area contributed by atoms with Crippen LogP contribution in [0, 0.1) is 17.2 Å². The zero-order valence-electron chi connectivity index (χ0n) is 12.1. The van der Waals surface area contributed by atoms with Crippen molar-refractivity contribution in [3.8, 4) is 6.07 Å².